The summed E-state index contributed by atoms with van der Waals surface area (Å²) in [6.45, 7) is 6.05. The zero-order valence-corrected chi connectivity index (χ0v) is 15.3. The molecule has 0 aliphatic heterocycles. The minimum absolute atomic E-state index is 0.116. The Labute approximate surface area is 148 Å². The molecule has 0 aliphatic carbocycles. The number of nitrogens with one attached hydrogen (secondary N) is 1. The first-order chi connectivity index (χ1) is 11.8. The van der Waals surface area contributed by atoms with Crippen LogP contribution in [0.2, 0.25) is 0 Å². The van der Waals surface area contributed by atoms with Gasteiger partial charge in [0.2, 0.25) is 0 Å². The van der Waals surface area contributed by atoms with Crippen LogP contribution in [0.3, 0.4) is 0 Å². The highest BCUT2D eigenvalue weighted by Crippen LogP contribution is 2.27. The quantitative estimate of drug-likeness (QED) is 0.769. The van der Waals surface area contributed by atoms with E-state index in [4.69, 9.17) is 0 Å². The number of amides is 1. The summed E-state index contributed by atoms with van der Waals surface area (Å²) in [4.78, 5) is 19.4. The number of aromatic nitrogens is 1. The first kappa shape index (κ1) is 17.0. The van der Waals surface area contributed by atoms with Gasteiger partial charge >= 0.3 is 0 Å². The summed E-state index contributed by atoms with van der Waals surface area (Å²) >= 11 is 0. The second kappa shape index (κ2) is 6.55. The smallest absolute Gasteiger partial charge is 0.255 e. The summed E-state index contributed by atoms with van der Waals surface area (Å²) in [5, 5.41) is 4.04. The van der Waals surface area contributed by atoms with Crippen molar-refractivity contribution >= 4 is 28.2 Å². The molecule has 3 rings (SSSR count). The molecule has 0 spiro atoms. The van der Waals surface area contributed by atoms with Gasteiger partial charge in [0.15, 0.2) is 0 Å². The van der Waals surface area contributed by atoms with Crippen LogP contribution in [-0.2, 0) is 0 Å². The summed E-state index contributed by atoms with van der Waals surface area (Å²) in [5.74, 6) is -0.116. The van der Waals surface area contributed by atoms with E-state index < -0.39 is 0 Å². The lowest BCUT2D eigenvalue weighted by molar-refractivity contribution is 0.102. The highest BCUT2D eigenvalue weighted by molar-refractivity contribution is 6.09. The predicted molar refractivity (Wildman–Crippen MR) is 105 cm³/mol. The lowest BCUT2D eigenvalue weighted by Crippen LogP contribution is -2.14. The minimum Gasteiger partial charge on any atom is -0.378 e. The van der Waals surface area contributed by atoms with Gasteiger partial charge in [-0.25, -0.2) is 0 Å². The van der Waals surface area contributed by atoms with Gasteiger partial charge in [0.1, 0.15) is 0 Å². The molecule has 0 radical (unpaired) electrons. The third-order valence-corrected chi connectivity index (χ3v) is 4.25. The van der Waals surface area contributed by atoms with E-state index >= 15 is 0 Å². The number of hydrogen-bond donors (Lipinski definition) is 1. The van der Waals surface area contributed by atoms with E-state index in [0.717, 1.165) is 39.1 Å². The van der Waals surface area contributed by atoms with Crippen molar-refractivity contribution in [2.45, 2.75) is 20.8 Å². The minimum atomic E-state index is -0.116. The average Bonchev–Trinajstić information content (AvgIpc) is 2.56. The zero-order valence-electron chi connectivity index (χ0n) is 15.3. The molecule has 128 valence electrons. The number of nitrogens with zero attached hydrogens (tertiary/aromatic N) is 2. The van der Waals surface area contributed by atoms with Gasteiger partial charge in [-0.3, -0.25) is 9.78 Å². The molecule has 4 heteroatoms. The fourth-order valence-corrected chi connectivity index (χ4v) is 3.03. The SMILES string of the molecule is Cc1cc(C)c2nc(C)cc(NC(=O)c3cccc(N(C)C)c3)c2c1. The monoisotopic (exact) mass is 333 g/mol. The Morgan fingerprint density at radius 3 is 2.52 bits per heavy atom. The molecule has 1 N–H and O–H groups in total. The van der Waals surface area contributed by atoms with E-state index in [0.29, 0.717) is 5.56 Å². The van der Waals surface area contributed by atoms with Crippen LogP contribution in [0.25, 0.3) is 10.9 Å². The van der Waals surface area contributed by atoms with Crippen LogP contribution in [0.4, 0.5) is 11.4 Å². The molecular formula is C21H23N3O. The van der Waals surface area contributed by atoms with E-state index in [1.54, 1.807) is 0 Å². The molecule has 4 nitrogen and oxygen atoms in total. The van der Waals surface area contributed by atoms with E-state index in [2.05, 4.69) is 29.4 Å². The lowest BCUT2D eigenvalue weighted by Gasteiger charge is -2.15. The van der Waals surface area contributed by atoms with Crippen LogP contribution in [0.5, 0.6) is 0 Å². The largest absolute Gasteiger partial charge is 0.378 e. The molecule has 1 aromatic heterocycles. The molecule has 1 heterocycles. The Bertz CT molecular complexity index is 961. The molecule has 0 fully saturated rings. The van der Waals surface area contributed by atoms with Crippen molar-refractivity contribution in [3.8, 4) is 0 Å². The Morgan fingerprint density at radius 1 is 1.04 bits per heavy atom. The summed E-state index contributed by atoms with van der Waals surface area (Å²) in [7, 11) is 3.92. The molecular weight excluding hydrogens is 310 g/mol. The fourth-order valence-electron chi connectivity index (χ4n) is 3.03. The summed E-state index contributed by atoms with van der Waals surface area (Å²) in [6.07, 6.45) is 0. The zero-order chi connectivity index (χ0) is 18.1. The van der Waals surface area contributed by atoms with Crippen LogP contribution in [0.1, 0.15) is 27.2 Å². The third kappa shape index (κ3) is 3.48. The normalized spacial score (nSPS) is 10.8. The van der Waals surface area contributed by atoms with E-state index in [9.17, 15) is 4.79 Å². The first-order valence-electron chi connectivity index (χ1n) is 8.32. The van der Waals surface area contributed by atoms with Crippen molar-refractivity contribution in [1.82, 2.24) is 4.98 Å². The molecule has 0 bridgehead atoms. The number of fused-ring (bicyclic) bond motifs is 1. The van der Waals surface area contributed by atoms with Crippen LogP contribution < -0.4 is 10.2 Å². The first-order valence-corrected chi connectivity index (χ1v) is 8.32. The van der Waals surface area contributed by atoms with Crippen LogP contribution in [0, 0.1) is 20.8 Å². The predicted octanol–water partition coefficient (Wildman–Crippen LogP) is 4.48. The van der Waals surface area contributed by atoms with Crippen LogP contribution in [-0.4, -0.2) is 25.0 Å². The second-order valence-corrected chi connectivity index (χ2v) is 6.69. The summed E-state index contributed by atoms with van der Waals surface area (Å²) in [6, 6.07) is 13.7. The van der Waals surface area contributed by atoms with Crippen molar-refractivity contribution in [3.63, 3.8) is 0 Å². The van der Waals surface area contributed by atoms with Crippen LogP contribution in [0.15, 0.2) is 42.5 Å². The number of rotatable bonds is 3. The summed E-state index contributed by atoms with van der Waals surface area (Å²) in [5.41, 5.74) is 6.52. The van der Waals surface area contributed by atoms with Gasteiger partial charge in [-0.15, -0.1) is 0 Å². The molecule has 3 aromatic rings. The highest BCUT2D eigenvalue weighted by atomic mass is 16.1. The van der Waals surface area contributed by atoms with Gasteiger partial charge in [-0.1, -0.05) is 17.7 Å². The second-order valence-electron chi connectivity index (χ2n) is 6.69. The van der Waals surface area contributed by atoms with Gasteiger partial charge in [0.25, 0.3) is 5.91 Å². The molecule has 0 unspecified atom stereocenters. The number of aryl methyl sites for hydroxylation is 3. The maximum Gasteiger partial charge on any atom is 0.255 e. The highest BCUT2D eigenvalue weighted by Gasteiger charge is 2.12. The molecule has 2 aromatic carbocycles. The number of carbonyl (C=O) groups is 1. The molecule has 0 atom stereocenters. The number of hydrogen-bond acceptors (Lipinski definition) is 3. The number of anilines is 2. The molecule has 0 aliphatic rings. The van der Waals surface area contributed by atoms with Gasteiger partial charge in [-0.05, 0) is 56.7 Å². The molecule has 0 saturated carbocycles. The van der Waals surface area contributed by atoms with Gasteiger partial charge in [-0.2, -0.15) is 0 Å². The maximum absolute atomic E-state index is 12.8. The van der Waals surface area contributed by atoms with Crippen molar-refractivity contribution in [3.05, 3.63) is 64.8 Å². The van der Waals surface area contributed by atoms with Gasteiger partial charge in [0, 0.05) is 36.4 Å². The Hall–Kier alpha value is -2.88. The van der Waals surface area contributed by atoms with Gasteiger partial charge < -0.3 is 10.2 Å². The van der Waals surface area contributed by atoms with Gasteiger partial charge in [0.05, 0.1) is 11.2 Å². The third-order valence-electron chi connectivity index (χ3n) is 4.25. The molecule has 25 heavy (non-hydrogen) atoms. The van der Waals surface area contributed by atoms with E-state index in [-0.39, 0.29) is 5.91 Å². The van der Waals surface area contributed by atoms with E-state index in [1.807, 2.05) is 63.2 Å². The maximum atomic E-state index is 12.8. The average molecular weight is 333 g/mol. The van der Waals surface area contributed by atoms with Crippen molar-refractivity contribution < 1.29 is 4.79 Å². The standard InChI is InChI=1S/C21H23N3O/c1-13-9-14(2)20-18(10-13)19(11-15(3)22-20)23-21(25)16-7-6-8-17(12-16)24(4)5/h6-12H,1-5H3,(H,22,23,25). The Morgan fingerprint density at radius 2 is 1.80 bits per heavy atom. The van der Waals surface area contributed by atoms with Crippen molar-refractivity contribution in [1.29, 1.82) is 0 Å². The Balaban J connectivity index is 2.03. The summed E-state index contributed by atoms with van der Waals surface area (Å²) < 4.78 is 0. The topological polar surface area (TPSA) is 45.2 Å². The van der Waals surface area contributed by atoms with Crippen LogP contribution >= 0.6 is 0 Å². The number of benzene rings is 2. The molecule has 1 amide bonds. The lowest BCUT2D eigenvalue weighted by atomic mass is 10.0. The van der Waals surface area contributed by atoms with Crippen molar-refractivity contribution in [2.24, 2.45) is 0 Å². The Kier molecular flexibility index (Phi) is 4.45. The molecule has 0 saturated heterocycles. The fraction of sp³-hybridized carbons (Fsp3) is 0.238. The van der Waals surface area contributed by atoms with Crippen molar-refractivity contribution in [2.75, 3.05) is 24.3 Å². The number of pyridine rings is 1. The number of carbonyl (C=O) groups excluding carboxylic acids is 1. The van der Waals surface area contributed by atoms with E-state index in [1.165, 1.54) is 0 Å².